The van der Waals surface area contributed by atoms with Gasteiger partial charge in [-0.2, -0.15) is 4.31 Å². The van der Waals surface area contributed by atoms with E-state index in [-0.39, 0.29) is 49.6 Å². The molecule has 0 aromatic heterocycles. The number of hydrogen-bond donors (Lipinski definition) is 3. The molecule has 0 radical (unpaired) electrons. The molecule has 53 heavy (non-hydrogen) atoms. The van der Waals surface area contributed by atoms with E-state index in [1.54, 1.807) is 45.0 Å². The van der Waals surface area contributed by atoms with Crippen LogP contribution in [0, 0.1) is 11.8 Å². The highest BCUT2D eigenvalue weighted by Crippen LogP contribution is 2.37. The van der Waals surface area contributed by atoms with Crippen molar-refractivity contribution in [1.82, 2.24) is 14.5 Å². The number of alkyl carbamates (subject to hydrolysis) is 1. The summed E-state index contributed by atoms with van der Waals surface area (Å²) in [5.74, 6) is 1.03. The van der Waals surface area contributed by atoms with Crippen molar-refractivity contribution < 1.29 is 56.6 Å². The number of carbonyl (C=O) groups is 2. The van der Waals surface area contributed by atoms with Crippen molar-refractivity contribution in [3.63, 3.8) is 0 Å². The number of benzene rings is 2. The molecule has 2 aromatic rings. The number of aliphatic hydroxyl groups excluding tert-OH is 1. The molecule has 0 aliphatic carbocycles. The van der Waals surface area contributed by atoms with Gasteiger partial charge in [-0.05, 0) is 82.2 Å². The summed E-state index contributed by atoms with van der Waals surface area (Å²) in [5, 5.41) is 25.4. The van der Waals surface area contributed by atoms with E-state index in [9.17, 15) is 28.2 Å². The van der Waals surface area contributed by atoms with Crippen LogP contribution in [0.1, 0.15) is 59.4 Å². The molecule has 0 saturated carbocycles. The molecule has 3 aliphatic heterocycles. The van der Waals surface area contributed by atoms with E-state index in [2.05, 4.69) is 5.32 Å². The first-order valence-electron chi connectivity index (χ1n) is 18.1. The van der Waals surface area contributed by atoms with E-state index in [1.165, 1.54) is 27.4 Å². The first-order valence-corrected chi connectivity index (χ1v) is 19.6. The number of ether oxygens (including phenoxy) is 6. The van der Waals surface area contributed by atoms with Crippen molar-refractivity contribution in [2.24, 2.45) is 11.8 Å². The molecule has 2 saturated heterocycles. The lowest BCUT2D eigenvalue weighted by Gasteiger charge is -2.39. The zero-order valence-corrected chi connectivity index (χ0v) is 31.9. The number of sulfonamides is 1. The van der Waals surface area contributed by atoms with E-state index in [4.69, 9.17) is 28.4 Å². The Balaban J connectivity index is 1.30. The topological polar surface area (TPSA) is 183 Å². The summed E-state index contributed by atoms with van der Waals surface area (Å²) >= 11 is 0. The fraction of sp³-hybridized carbons (Fsp3) is 0.622. The van der Waals surface area contributed by atoms with Gasteiger partial charge in [0.15, 0.2) is 17.8 Å². The van der Waals surface area contributed by atoms with Crippen molar-refractivity contribution >= 4 is 22.2 Å². The summed E-state index contributed by atoms with van der Waals surface area (Å²) in [6.45, 7) is 10.3. The van der Waals surface area contributed by atoms with Gasteiger partial charge in [0, 0.05) is 31.6 Å². The maximum Gasteiger partial charge on any atom is 0.407 e. The molecule has 5 rings (SSSR count). The number of unbranched alkanes of at least 4 members (excludes halogenated alkanes) is 1. The predicted octanol–water partition coefficient (Wildman–Crippen LogP) is 4.46. The third kappa shape index (κ3) is 10.7. The van der Waals surface area contributed by atoms with Crippen LogP contribution in [0.15, 0.2) is 47.4 Å². The Morgan fingerprint density at radius 1 is 1.02 bits per heavy atom. The van der Waals surface area contributed by atoms with Crippen LogP contribution in [-0.2, 0) is 30.7 Å². The highest BCUT2D eigenvalue weighted by molar-refractivity contribution is 7.89. The van der Waals surface area contributed by atoms with Crippen LogP contribution in [0.25, 0.3) is 0 Å². The monoisotopic (exact) mass is 763 g/mol. The van der Waals surface area contributed by atoms with Gasteiger partial charge in [0.2, 0.25) is 16.8 Å². The largest absolute Gasteiger partial charge is 0.494 e. The molecule has 2 fully saturated rings. The molecule has 16 heteroatoms. The van der Waals surface area contributed by atoms with Gasteiger partial charge in [-0.25, -0.2) is 18.0 Å². The second kappa shape index (κ2) is 17.5. The molecule has 3 N–H and O–H groups in total. The third-order valence-corrected chi connectivity index (χ3v) is 11.0. The first-order chi connectivity index (χ1) is 25.1. The summed E-state index contributed by atoms with van der Waals surface area (Å²) in [6, 6.07) is 9.90. The van der Waals surface area contributed by atoms with Crippen LogP contribution < -0.4 is 19.5 Å². The molecule has 0 unspecified atom stereocenters. The molecular formula is C37H53N3O12S. The number of fused-ring (bicyclic) bond motifs is 2. The molecule has 0 spiro atoms. The Morgan fingerprint density at radius 2 is 1.75 bits per heavy atom. The number of carboxylic acid groups (broad SMARTS) is 1. The van der Waals surface area contributed by atoms with Crippen molar-refractivity contribution in [2.45, 2.75) is 95.3 Å². The highest BCUT2D eigenvalue weighted by Gasteiger charge is 2.49. The molecule has 3 heterocycles. The van der Waals surface area contributed by atoms with Gasteiger partial charge < -0.3 is 44.0 Å². The van der Waals surface area contributed by atoms with Gasteiger partial charge in [-0.15, -0.1) is 0 Å². The average Bonchev–Trinajstić information content (AvgIpc) is 3.84. The number of rotatable bonds is 17. The smallest absolute Gasteiger partial charge is 0.407 e. The molecular weight excluding hydrogens is 710 g/mol. The molecule has 3 aliphatic rings. The van der Waals surface area contributed by atoms with Gasteiger partial charge >= 0.3 is 12.2 Å². The van der Waals surface area contributed by atoms with Gasteiger partial charge in [-0.3, -0.25) is 4.90 Å². The summed E-state index contributed by atoms with van der Waals surface area (Å²) in [4.78, 5) is 26.1. The SMILES string of the molecule is CC(C)CN(C[C@@H](O)[C@H](Cc1ccc(OCCCCNC(=O)OC(C)(C)C)cc1)N(C(=O)O)[C@H]1CO[C@H]2OCC[C@H]21)S(=O)(=O)c1ccc2c(c1)OCO2. The van der Waals surface area contributed by atoms with Gasteiger partial charge in [-0.1, -0.05) is 26.0 Å². The summed E-state index contributed by atoms with van der Waals surface area (Å²) in [5.41, 5.74) is 0.160. The maximum atomic E-state index is 14.1. The number of carbonyl (C=O) groups excluding carboxylic acids is 1. The minimum Gasteiger partial charge on any atom is -0.494 e. The average molecular weight is 764 g/mol. The Labute approximate surface area is 311 Å². The first kappa shape index (κ1) is 40.4. The fourth-order valence-corrected chi connectivity index (χ4v) is 8.40. The third-order valence-electron chi connectivity index (χ3n) is 9.21. The van der Waals surface area contributed by atoms with Crippen LogP contribution in [0.4, 0.5) is 9.59 Å². The second-order valence-electron chi connectivity index (χ2n) is 15.0. The van der Waals surface area contributed by atoms with E-state index >= 15 is 0 Å². The Bertz CT molecular complexity index is 1650. The standard InChI is InChI=1S/C37H53N3O12S/c1-24(2)20-39(53(45,46)27-12-13-32-33(19-27)51-23-50-32)21-31(41)29(40(36(43)44)30-22-49-34-28(30)14-17-48-34)18-25-8-10-26(11-9-25)47-16-7-6-15-38-35(42)52-37(3,4)5/h8-13,19,24,28-31,34,41H,6-7,14-18,20-23H2,1-5H3,(H,38,42)(H,43,44)/t28-,29-,30-,31+,34+/m0/s1. The van der Waals surface area contributed by atoms with Crippen molar-refractivity contribution in [3.05, 3.63) is 48.0 Å². The molecule has 2 aromatic carbocycles. The normalized spacial score (nSPS) is 20.6. The summed E-state index contributed by atoms with van der Waals surface area (Å²) in [6.07, 6.45) is -1.58. The number of nitrogens with zero attached hydrogens (tertiary/aromatic N) is 2. The quantitative estimate of drug-likeness (QED) is 0.193. The van der Waals surface area contributed by atoms with Crippen LogP contribution in [0.5, 0.6) is 17.2 Å². The lowest BCUT2D eigenvalue weighted by molar-refractivity contribution is -0.0906. The van der Waals surface area contributed by atoms with Crippen LogP contribution in [-0.4, -0.2) is 116 Å². The van der Waals surface area contributed by atoms with Crippen LogP contribution >= 0.6 is 0 Å². The Hall–Kier alpha value is -3.83. The fourth-order valence-electron chi connectivity index (χ4n) is 6.76. The minimum atomic E-state index is -4.15. The van der Waals surface area contributed by atoms with Gasteiger partial charge in [0.25, 0.3) is 0 Å². The van der Waals surface area contributed by atoms with Crippen molar-refractivity contribution in [1.29, 1.82) is 0 Å². The second-order valence-corrected chi connectivity index (χ2v) is 16.9. The van der Waals surface area contributed by atoms with Crippen LogP contribution in [0.2, 0.25) is 0 Å². The summed E-state index contributed by atoms with van der Waals surface area (Å²) < 4.78 is 62.7. The number of nitrogens with one attached hydrogen (secondary N) is 1. The van der Waals surface area contributed by atoms with Crippen molar-refractivity contribution in [2.75, 3.05) is 46.2 Å². The minimum absolute atomic E-state index is 0.0140. The highest BCUT2D eigenvalue weighted by atomic mass is 32.2. The van der Waals surface area contributed by atoms with E-state index in [0.29, 0.717) is 56.3 Å². The zero-order chi connectivity index (χ0) is 38.3. The van der Waals surface area contributed by atoms with Crippen molar-refractivity contribution in [3.8, 4) is 17.2 Å². The Kier molecular flexibility index (Phi) is 13.4. The number of aliphatic hydroxyl groups is 1. The predicted molar refractivity (Wildman–Crippen MR) is 193 cm³/mol. The van der Waals surface area contributed by atoms with E-state index < -0.39 is 52.3 Å². The lowest BCUT2D eigenvalue weighted by atomic mass is 9.93. The molecule has 5 atom stereocenters. The molecule has 2 amide bonds. The van der Waals surface area contributed by atoms with E-state index in [0.717, 1.165) is 5.56 Å². The van der Waals surface area contributed by atoms with Crippen LogP contribution in [0.3, 0.4) is 0 Å². The van der Waals surface area contributed by atoms with E-state index in [1.807, 2.05) is 13.8 Å². The van der Waals surface area contributed by atoms with Gasteiger partial charge in [0.05, 0.1) is 42.9 Å². The zero-order valence-electron chi connectivity index (χ0n) is 31.1. The maximum absolute atomic E-state index is 14.1. The lowest BCUT2D eigenvalue weighted by Crippen LogP contribution is -2.57. The molecule has 294 valence electrons. The number of amides is 2. The van der Waals surface area contributed by atoms with Gasteiger partial charge in [0.1, 0.15) is 11.4 Å². The molecule has 15 nitrogen and oxygen atoms in total. The molecule has 0 bridgehead atoms. The Morgan fingerprint density at radius 3 is 2.45 bits per heavy atom. The summed E-state index contributed by atoms with van der Waals surface area (Å²) in [7, 11) is -4.15. The number of hydrogen-bond acceptors (Lipinski definition) is 11.